The first-order valence-electron chi connectivity index (χ1n) is 8.82. The predicted molar refractivity (Wildman–Crippen MR) is 102 cm³/mol. The Kier molecular flexibility index (Phi) is 5.12. The van der Waals surface area contributed by atoms with Crippen LogP contribution in [0.1, 0.15) is 29.9 Å². The summed E-state index contributed by atoms with van der Waals surface area (Å²) in [5.41, 5.74) is 4.37. The molecule has 0 unspecified atom stereocenters. The van der Waals surface area contributed by atoms with Crippen LogP contribution < -0.4 is 0 Å². The molecule has 1 saturated heterocycles. The Hall–Kier alpha value is -2.03. The van der Waals surface area contributed by atoms with E-state index in [9.17, 15) is 4.39 Å². The highest BCUT2D eigenvalue weighted by Gasteiger charge is 2.25. The first kappa shape index (κ1) is 18.3. The first-order chi connectivity index (χ1) is 13.1. The maximum absolute atomic E-state index is 13.9. The zero-order valence-corrected chi connectivity index (χ0v) is 16.7. The van der Waals surface area contributed by atoms with Crippen molar-refractivity contribution in [2.45, 2.75) is 26.2 Å². The number of ether oxygens (including phenoxy) is 2. The zero-order chi connectivity index (χ0) is 19.0. The number of hydrogen-bond acceptors (Lipinski definition) is 4. The highest BCUT2D eigenvalue weighted by atomic mass is 79.9. The maximum Gasteiger partial charge on any atom is 0.184 e. The van der Waals surface area contributed by atoms with Gasteiger partial charge < -0.3 is 9.47 Å². The molecule has 3 aromatic rings. The van der Waals surface area contributed by atoms with Crippen molar-refractivity contribution in [3.05, 3.63) is 57.7 Å². The minimum absolute atomic E-state index is 0.322. The molecule has 0 atom stereocenters. The van der Waals surface area contributed by atoms with Gasteiger partial charge in [-0.3, -0.25) is 9.36 Å². The van der Waals surface area contributed by atoms with E-state index in [1.165, 1.54) is 12.1 Å². The monoisotopic (exact) mass is 434 g/mol. The van der Waals surface area contributed by atoms with Crippen molar-refractivity contribution < 1.29 is 13.9 Å². The summed E-state index contributed by atoms with van der Waals surface area (Å²) in [6.07, 6.45) is 3.93. The Morgan fingerprint density at radius 3 is 2.74 bits per heavy atom. The molecule has 0 spiro atoms. The molecule has 3 heterocycles. The molecular formula is C19H20BrFN4O2. The smallest absolute Gasteiger partial charge is 0.184 e. The Balaban J connectivity index is 1.76. The quantitative estimate of drug-likeness (QED) is 0.611. The van der Waals surface area contributed by atoms with Gasteiger partial charge in [-0.15, -0.1) is 0 Å². The molecule has 1 aliphatic heterocycles. The Bertz CT molecular complexity index is 963. The average Bonchev–Trinajstić information content (AvgIpc) is 3.37. The molecule has 8 heteroatoms. The minimum Gasteiger partial charge on any atom is -0.346 e. The van der Waals surface area contributed by atoms with Crippen molar-refractivity contribution >= 4 is 15.9 Å². The van der Waals surface area contributed by atoms with Crippen molar-refractivity contribution in [2.24, 2.45) is 7.05 Å². The van der Waals surface area contributed by atoms with Crippen LogP contribution in [-0.4, -0.2) is 32.8 Å². The van der Waals surface area contributed by atoms with Gasteiger partial charge in [-0.1, -0.05) is 0 Å². The molecule has 142 valence electrons. The van der Waals surface area contributed by atoms with Crippen LogP contribution in [0.2, 0.25) is 0 Å². The molecule has 0 saturated carbocycles. The summed E-state index contributed by atoms with van der Waals surface area (Å²) >= 11 is 3.62. The standard InChI is InChI=1S/C19H20BrFN4O2/c1-3-25-18(20)12(10-22-25)8-13-11-24(2)23-17(13)15-5-4-14(21)9-16(15)19-26-6-7-27-19/h4-5,9-11,19H,3,6-8H2,1-2H3. The fourth-order valence-electron chi connectivity index (χ4n) is 3.33. The predicted octanol–water partition coefficient (Wildman–Crippen LogP) is 3.84. The average molecular weight is 435 g/mol. The Morgan fingerprint density at radius 2 is 2.04 bits per heavy atom. The third-order valence-electron chi connectivity index (χ3n) is 4.57. The number of aromatic nitrogens is 4. The molecule has 1 fully saturated rings. The van der Waals surface area contributed by atoms with Crippen molar-refractivity contribution in [3.63, 3.8) is 0 Å². The van der Waals surface area contributed by atoms with Crippen LogP contribution in [0, 0.1) is 5.82 Å². The number of nitrogens with zero attached hydrogens (tertiary/aromatic N) is 4. The molecule has 27 heavy (non-hydrogen) atoms. The van der Waals surface area contributed by atoms with Gasteiger partial charge in [-0.25, -0.2) is 4.39 Å². The van der Waals surface area contributed by atoms with E-state index in [0.29, 0.717) is 25.2 Å². The molecule has 0 amide bonds. The van der Waals surface area contributed by atoms with Crippen LogP contribution in [0.5, 0.6) is 0 Å². The van der Waals surface area contributed by atoms with Gasteiger partial charge in [0.1, 0.15) is 10.4 Å². The minimum atomic E-state index is -0.569. The first-order valence-corrected chi connectivity index (χ1v) is 9.62. The lowest BCUT2D eigenvalue weighted by atomic mass is 9.98. The van der Waals surface area contributed by atoms with E-state index >= 15 is 0 Å². The number of hydrogen-bond donors (Lipinski definition) is 0. The second kappa shape index (κ2) is 7.53. The van der Waals surface area contributed by atoms with E-state index in [0.717, 1.165) is 33.5 Å². The van der Waals surface area contributed by atoms with Crippen molar-refractivity contribution in [1.82, 2.24) is 19.6 Å². The fourth-order valence-corrected chi connectivity index (χ4v) is 3.91. The van der Waals surface area contributed by atoms with Crippen molar-refractivity contribution in [2.75, 3.05) is 13.2 Å². The molecule has 1 aromatic carbocycles. The van der Waals surface area contributed by atoms with E-state index in [4.69, 9.17) is 9.47 Å². The van der Waals surface area contributed by atoms with E-state index in [-0.39, 0.29) is 5.82 Å². The number of halogens is 2. The summed E-state index contributed by atoms with van der Waals surface area (Å²) in [4.78, 5) is 0. The second-order valence-electron chi connectivity index (χ2n) is 6.43. The molecule has 6 nitrogen and oxygen atoms in total. The maximum atomic E-state index is 13.9. The van der Waals surface area contributed by atoms with Gasteiger partial charge in [-0.05, 0) is 41.1 Å². The van der Waals surface area contributed by atoms with E-state index in [2.05, 4.69) is 26.1 Å². The summed E-state index contributed by atoms with van der Waals surface area (Å²) in [6, 6.07) is 4.65. The summed E-state index contributed by atoms with van der Waals surface area (Å²) < 4.78 is 29.8. The van der Waals surface area contributed by atoms with Crippen molar-refractivity contribution in [1.29, 1.82) is 0 Å². The van der Waals surface area contributed by atoms with E-state index in [1.54, 1.807) is 10.7 Å². The van der Waals surface area contributed by atoms with E-state index in [1.807, 2.05) is 31.0 Å². The molecular weight excluding hydrogens is 415 g/mol. The van der Waals surface area contributed by atoms with Crippen LogP contribution in [0.25, 0.3) is 11.3 Å². The van der Waals surface area contributed by atoms with Crippen LogP contribution in [0.4, 0.5) is 4.39 Å². The van der Waals surface area contributed by atoms with Gasteiger partial charge in [0, 0.05) is 48.5 Å². The van der Waals surface area contributed by atoms with Crippen LogP contribution in [0.15, 0.2) is 35.2 Å². The van der Waals surface area contributed by atoms with Crippen molar-refractivity contribution in [3.8, 4) is 11.3 Å². The van der Waals surface area contributed by atoms with Gasteiger partial charge in [0.25, 0.3) is 0 Å². The largest absolute Gasteiger partial charge is 0.346 e. The fraction of sp³-hybridized carbons (Fsp3) is 0.368. The summed E-state index contributed by atoms with van der Waals surface area (Å²) in [5.74, 6) is -0.322. The number of benzene rings is 1. The third-order valence-corrected chi connectivity index (χ3v) is 5.49. The van der Waals surface area contributed by atoms with Gasteiger partial charge >= 0.3 is 0 Å². The van der Waals surface area contributed by atoms with Gasteiger partial charge in [-0.2, -0.15) is 10.2 Å². The zero-order valence-electron chi connectivity index (χ0n) is 15.2. The van der Waals surface area contributed by atoms with Gasteiger partial charge in [0.05, 0.1) is 25.1 Å². The molecule has 0 radical (unpaired) electrons. The molecule has 4 rings (SSSR count). The Morgan fingerprint density at radius 1 is 1.26 bits per heavy atom. The third kappa shape index (κ3) is 3.56. The SMILES string of the molecule is CCn1ncc(Cc2cn(C)nc2-c2ccc(F)cc2C2OCCO2)c1Br. The van der Waals surface area contributed by atoms with Gasteiger partial charge in [0.2, 0.25) is 0 Å². The normalized spacial score (nSPS) is 15.0. The molecule has 0 bridgehead atoms. The van der Waals surface area contributed by atoms with Crippen LogP contribution in [-0.2, 0) is 29.5 Å². The lowest BCUT2D eigenvalue weighted by Crippen LogP contribution is -2.03. The lowest BCUT2D eigenvalue weighted by molar-refractivity contribution is -0.0438. The Labute approximate surface area is 165 Å². The summed E-state index contributed by atoms with van der Waals surface area (Å²) in [5, 5.41) is 9.02. The molecule has 0 N–H and O–H groups in total. The lowest BCUT2D eigenvalue weighted by Gasteiger charge is -2.14. The summed E-state index contributed by atoms with van der Waals surface area (Å²) in [6.45, 7) is 3.83. The number of rotatable bonds is 5. The van der Waals surface area contributed by atoms with Crippen LogP contribution in [0.3, 0.4) is 0 Å². The van der Waals surface area contributed by atoms with Crippen LogP contribution >= 0.6 is 15.9 Å². The highest BCUT2D eigenvalue weighted by molar-refractivity contribution is 9.10. The summed E-state index contributed by atoms with van der Waals surface area (Å²) in [7, 11) is 1.88. The molecule has 2 aromatic heterocycles. The number of aryl methyl sites for hydroxylation is 2. The topological polar surface area (TPSA) is 54.1 Å². The van der Waals surface area contributed by atoms with Gasteiger partial charge in [0.15, 0.2) is 6.29 Å². The molecule has 1 aliphatic rings. The highest BCUT2D eigenvalue weighted by Crippen LogP contribution is 2.35. The van der Waals surface area contributed by atoms with E-state index < -0.39 is 6.29 Å². The second-order valence-corrected chi connectivity index (χ2v) is 7.19. The molecule has 0 aliphatic carbocycles.